The second-order valence-electron chi connectivity index (χ2n) is 10.7. The molecule has 7 nitrogen and oxygen atoms in total. The highest BCUT2D eigenvalue weighted by Gasteiger charge is 2.32. The van der Waals surface area contributed by atoms with Gasteiger partial charge < -0.3 is 20.5 Å². The third-order valence-electron chi connectivity index (χ3n) is 6.73. The van der Waals surface area contributed by atoms with Crippen LogP contribution in [-0.4, -0.2) is 28.5 Å². The van der Waals surface area contributed by atoms with Crippen LogP contribution in [0.2, 0.25) is 5.02 Å². The van der Waals surface area contributed by atoms with Crippen molar-refractivity contribution in [2.75, 3.05) is 5.32 Å². The number of alkyl halides is 6. The molecular weight excluding hydrogens is 645 g/mol. The van der Waals surface area contributed by atoms with Gasteiger partial charge >= 0.3 is 12.4 Å². The fraction of sp³-hybridized carbons (Fsp3) is 0.258. The number of hydrogen-bond donors (Lipinski definition) is 3. The van der Waals surface area contributed by atoms with Gasteiger partial charge in [0.25, 0.3) is 11.8 Å². The van der Waals surface area contributed by atoms with Crippen LogP contribution < -0.4 is 16.0 Å². The van der Waals surface area contributed by atoms with Crippen LogP contribution in [0.4, 0.5) is 36.4 Å². The summed E-state index contributed by atoms with van der Waals surface area (Å²) >= 11 is 6.22. The summed E-state index contributed by atoms with van der Waals surface area (Å²) in [4.78, 5) is 38.0. The Kier molecular flexibility index (Phi) is 10.00. The molecule has 4 aromatic rings. The number of nitrogens with zero attached hydrogens (tertiary/aromatic N) is 1. The third kappa shape index (κ3) is 8.56. The quantitative estimate of drug-likeness (QED) is 0.161. The van der Waals surface area contributed by atoms with Crippen LogP contribution in [0.1, 0.15) is 51.4 Å². The van der Waals surface area contributed by atoms with Crippen LogP contribution in [0.3, 0.4) is 0 Å². The lowest BCUT2D eigenvalue weighted by molar-refractivity contribution is -0.140. The van der Waals surface area contributed by atoms with E-state index in [-0.39, 0.29) is 57.2 Å². The van der Waals surface area contributed by atoms with Crippen molar-refractivity contribution >= 4 is 45.9 Å². The Labute approximate surface area is 262 Å². The molecule has 3 amide bonds. The molecule has 0 saturated carbocycles. The van der Waals surface area contributed by atoms with Gasteiger partial charge in [-0.2, -0.15) is 26.3 Å². The number of benzene rings is 3. The summed E-state index contributed by atoms with van der Waals surface area (Å²) in [5.41, 5.74) is -1.22. The first-order valence-corrected chi connectivity index (χ1v) is 14.0. The molecule has 0 spiro atoms. The van der Waals surface area contributed by atoms with E-state index in [0.717, 1.165) is 12.1 Å². The Bertz CT molecular complexity index is 1800. The fourth-order valence-electron chi connectivity index (χ4n) is 4.52. The SMILES string of the molecule is CC(C)C(=O)NCc1ccc(Cl)c(C(=O)Nc2ccc3c(c2)cc(C(=O)NCc2cc(F)cc(C(F)(F)F)c2)n3CC(F)(F)F)c1. The minimum absolute atomic E-state index is 0.0217. The maximum atomic E-state index is 13.8. The van der Waals surface area contributed by atoms with Crippen molar-refractivity contribution in [1.29, 1.82) is 0 Å². The number of carbonyl (C=O) groups excluding carboxylic acids is 3. The summed E-state index contributed by atoms with van der Waals surface area (Å²) in [5, 5.41) is 7.81. The smallest absolute Gasteiger partial charge is 0.352 e. The Morgan fingerprint density at radius 3 is 2.17 bits per heavy atom. The minimum Gasteiger partial charge on any atom is -0.352 e. The van der Waals surface area contributed by atoms with Crippen molar-refractivity contribution in [3.63, 3.8) is 0 Å². The van der Waals surface area contributed by atoms with Crippen LogP contribution in [0.15, 0.2) is 60.7 Å². The maximum absolute atomic E-state index is 13.8. The monoisotopic (exact) mass is 670 g/mol. The molecule has 15 heteroatoms. The Balaban J connectivity index is 1.58. The van der Waals surface area contributed by atoms with Crippen LogP contribution in [0.5, 0.6) is 0 Å². The van der Waals surface area contributed by atoms with Gasteiger partial charge in [0.15, 0.2) is 0 Å². The normalized spacial score (nSPS) is 12.0. The van der Waals surface area contributed by atoms with Crippen molar-refractivity contribution in [2.24, 2.45) is 5.92 Å². The standard InChI is InChI=1S/C31H26ClF7N4O3/c1-16(2)27(44)40-13-17-3-5-24(32)23(9-17)28(45)42-22-4-6-25-19(10-22)11-26(43(25)15-30(34,35)36)29(46)41-14-18-7-20(31(37,38)39)12-21(33)8-18/h3-12,16H,13-15H2,1-2H3,(H,40,44)(H,41,46)(H,42,45). The fourth-order valence-corrected chi connectivity index (χ4v) is 4.73. The minimum atomic E-state index is -4.85. The van der Waals surface area contributed by atoms with E-state index in [4.69, 9.17) is 11.6 Å². The second kappa shape index (κ2) is 13.4. The van der Waals surface area contributed by atoms with Crippen LogP contribution in [0.25, 0.3) is 10.9 Å². The molecule has 0 unspecified atom stereocenters. The van der Waals surface area contributed by atoms with E-state index in [1.165, 1.54) is 30.3 Å². The van der Waals surface area contributed by atoms with E-state index in [0.29, 0.717) is 16.2 Å². The lowest BCUT2D eigenvalue weighted by Crippen LogP contribution is -2.28. The molecule has 244 valence electrons. The number of hydrogen-bond acceptors (Lipinski definition) is 3. The summed E-state index contributed by atoms with van der Waals surface area (Å²) in [6, 6.07) is 11.3. The molecule has 1 heterocycles. The highest BCUT2D eigenvalue weighted by molar-refractivity contribution is 6.34. The number of aromatic nitrogens is 1. The van der Waals surface area contributed by atoms with Crippen molar-refractivity contribution in [3.05, 3.63) is 99.5 Å². The molecule has 0 aliphatic rings. The molecule has 0 atom stereocenters. The first-order valence-electron chi connectivity index (χ1n) is 13.6. The van der Waals surface area contributed by atoms with Gasteiger partial charge in [-0.3, -0.25) is 14.4 Å². The highest BCUT2D eigenvalue weighted by atomic mass is 35.5. The Hall–Kier alpha value is -4.59. The Morgan fingerprint density at radius 2 is 1.52 bits per heavy atom. The van der Waals surface area contributed by atoms with Gasteiger partial charge in [-0.15, -0.1) is 0 Å². The molecule has 3 aromatic carbocycles. The highest BCUT2D eigenvalue weighted by Crippen LogP contribution is 2.31. The Morgan fingerprint density at radius 1 is 0.826 bits per heavy atom. The molecule has 3 N–H and O–H groups in total. The van der Waals surface area contributed by atoms with Gasteiger partial charge in [0, 0.05) is 35.6 Å². The molecule has 4 rings (SSSR count). The summed E-state index contributed by atoms with van der Waals surface area (Å²) in [6.45, 7) is 1.42. The van der Waals surface area contributed by atoms with Crippen LogP contribution >= 0.6 is 11.6 Å². The molecule has 0 aliphatic heterocycles. The molecular formula is C31H26ClF7N4O3. The number of carbonyl (C=O) groups is 3. The second-order valence-corrected chi connectivity index (χ2v) is 11.1. The zero-order valence-electron chi connectivity index (χ0n) is 24.2. The van der Waals surface area contributed by atoms with E-state index in [9.17, 15) is 45.1 Å². The van der Waals surface area contributed by atoms with Gasteiger partial charge in [-0.1, -0.05) is 31.5 Å². The van der Waals surface area contributed by atoms with Gasteiger partial charge in [-0.25, -0.2) is 4.39 Å². The van der Waals surface area contributed by atoms with Gasteiger partial charge in [0.1, 0.15) is 18.1 Å². The predicted molar refractivity (Wildman–Crippen MR) is 157 cm³/mol. The van der Waals surface area contributed by atoms with Crippen molar-refractivity contribution in [1.82, 2.24) is 15.2 Å². The van der Waals surface area contributed by atoms with Gasteiger partial charge in [-0.05, 0) is 65.7 Å². The largest absolute Gasteiger partial charge is 0.416 e. The number of nitrogens with one attached hydrogen (secondary N) is 3. The molecule has 0 radical (unpaired) electrons. The molecule has 0 bridgehead atoms. The van der Waals surface area contributed by atoms with Crippen molar-refractivity contribution in [2.45, 2.75) is 45.8 Å². The van der Waals surface area contributed by atoms with E-state index in [1.807, 2.05) is 0 Å². The number of fused-ring (bicyclic) bond motifs is 1. The van der Waals surface area contributed by atoms with Gasteiger partial charge in [0.2, 0.25) is 5.91 Å². The summed E-state index contributed by atoms with van der Waals surface area (Å²) in [5.74, 6) is -3.35. The first-order chi connectivity index (χ1) is 21.4. The lowest BCUT2D eigenvalue weighted by atomic mass is 10.1. The van der Waals surface area contributed by atoms with E-state index in [2.05, 4.69) is 16.0 Å². The van der Waals surface area contributed by atoms with E-state index >= 15 is 0 Å². The van der Waals surface area contributed by atoms with Crippen molar-refractivity contribution in [3.8, 4) is 0 Å². The van der Waals surface area contributed by atoms with Crippen LogP contribution in [-0.2, 0) is 30.6 Å². The molecule has 1 aromatic heterocycles. The lowest BCUT2D eigenvalue weighted by Gasteiger charge is -2.14. The topological polar surface area (TPSA) is 92.2 Å². The van der Waals surface area contributed by atoms with E-state index in [1.54, 1.807) is 19.9 Å². The number of rotatable bonds is 9. The average molecular weight is 671 g/mol. The maximum Gasteiger partial charge on any atom is 0.416 e. The summed E-state index contributed by atoms with van der Waals surface area (Å²) in [6.07, 6.45) is -9.61. The first kappa shape index (κ1) is 34.3. The van der Waals surface area contributed by atoms with Gasteiger partial charge in [0.05, 0.1) is 16.1 Å². The summed E-state index contributed by atoms with van der Waals surface area (Å²) < 4.78 is 94.1. The number of amides is 3. The third-order valence-corrected chi connectivity index (χ3v) is 7.06. The predicted octanol–water partition coefficient (Wildman–Crippen LogP) is 7.47. The number of halogens is 8. The summed E-state index contributed by atoms with van der Waals surface area (Å²) in [7, 11) is 0. The van der Waals surface area contributed by atoms with Crippen molar-refractivity contribution < 1.29 is 45.1 Å². The van der Waals surface area contributed by atoms with E-state index < -0.39 is 54.3 Å². The molecule has 0 aliphatic carbocycles. The molecule has 0 fully saturated rings. The average Bonchev–Trinajstić information content (AvgIpc) is 3.30. The molecule has 0 saturated heterocycles. The molecule has 46 heavy (non-hydrogen) atoms. The zero-order chi connectivity index (χ0) is 34.0. The number of anilines is 1. The van der Waals surface area contributed by atoms with Crippen LogP contribution in [0, 0.1) is 11.7 Å². The zero-order valence-corrected chi connectivity index (χ0v) is 24.9.